The first kappa shape index (κ1) is 12.9. The van der Waals surface area contributed by atoms with E-state index in [-0.39, 0.29) is 13.1 Å². The van der Waals surface area contributed by atoms with Gasteiger partial charge >= 0.3 is 17.1 Å². The molecule has 0 aromatic carbocycles. The number of hydrogen-bond donors (Lipinski definition) is 0. The van der Waals surface area contributed by atoms with Crippen molar-refractivity contribution < 1.29 is 4.39 Å². The van der Waals surface area contributed by atoms with Crippen molar-refractivity contribution in [1.82, 2.24) is 13.7 Å². The zero-order valence-electron chi connectivity index (χ0n) is 9.13. The Balaban J connectivity index is 3.75. The van der Waals surface area contributed by atoms with Crippen molar-refractivity contribution in [2.24, 2.45) is 0 Å². The normalized spacial score (nSPS) is 10.2. The second-order valence-corrected chi connectivity index (χ2v) is 3.19. The van der Waals surface area contributed by atoms with E-state index in [0.29, 0.717) is 4.57 Å². The van der Waals surface area contributed by atoms with Gasteiger partial charge in [-0.15, -0.1) is 13.2 Å². The molecule has 17 heavy (non-hydrogen) atoms. The largest absolute Gasteiger partial charge is 0.338 e. The molecular weight excluding hydrogens is 229 g/mol. The van der Waals surface area contributed by atoms with Gasteiger partial charge < -0.3 is 0 Å². The predicted octanol–water partition coefficient (Wildman–Crippen LogP) is -0.529. The number of rotatable bonds is 5. The predicted molar refractivity (Wildman–Crippen MR) is 60.7 cm³/mol. The first-order valence-electron chi connectivity index (χ1n) is 4.80. The molecule has 0 amide bonds. The average molecular weight is 241 g/mol. The lowest BCUT2D eigenvalue weighted by Crippen LogP contribution is -2.54. The Morgan fingerprint density at radius 3 is 1.53 bits per heavy atom. The van der Waals surface area contributed by atoms with E-state index >= 15 is 0 Å². The Bertz CT molecular complexity index is 560. The molecule has 0 aliphatic heterocycles. The highest BCUT2D eigenvalue weighted by molar-refractivity contribution is 4.83. The summed E-state index contributed by atoms with van der Waals surface area (Å²) in [7, 11) is 0. The number of halogens is 1. The van der Waals surface area contributed by atoms with Crippen LogP contribution < -0.4 is 17.1 Å². The minimum absolute atomic E-state index is 0.0882. The Hall–Kier alpha value is -2.18. The third kappa shape index (κ3) is 2.17. The van der Waals surface area contributed by atoms with E-state index in [2.05, 4.69) is 13.2 Å². The smallest absolute Gasteiger partial charge is 0.247 e. The van der Waals surface area contributed by atoms with Crippen molar-refractivity contribution in [3.8, 4) is 0 Å². The van der Waals surface area contributed by atoms with Crippen LogP contribution in [0.25, 0.3) is 0 Å². The summed E-state index contributed by atoms with van der Waals surface area (Å²) in [5.74, 6) is 0. The fourth-order valence-corrected chi connectivity index (χ4v) is 1.36. The van der Waals surface area contributed by atoms with Gasteiger partial charge in [-0.25, -0.2) is 32.5 Å². The van der Waals surface area contributed by atoms with Crippen LogP contribution in [0.1, 0.15) is 0 Å². The molecule has 0 N–H and O–H groups in total. The molecule has 92 valence electrons. The van der Waals surface area contributed by atoms with Crippen molar-refractivity contribution in [3.63, 3.8) is 0 Å². The second-order valence-electron chi connectivity index (χ2n) is 3.19. The van der Waals surface area contributed by atoms with Crippen molar-refractivity contribution in [2.75, 3.05) is 0 Å². The monoisotopic (exact) mass is 241 g/mol. The summed E-state index contributed by atoms with van der Waals surface area (Å²) in [4.78, 5) is 34.9. The number of hydrogen-bond acceptors (Lipinski definition) is 3. The Morgan fingerprint density at radius 2 is 1.24 bits per heavy atom. The summed E-state index contributed by atoms with van der Waals surface area (Å²) in [5, 5.41) is 0. The lowest BCUT2D eigenvalue weighted by atomic mass is 10.5. The third-order valence-electron chi connectivity index (χ3n) is 2.13. The highest BCUT2D eigenvalue weighted by atomic mass is 19.1. The molecule has 1 aromatic rings. The summed E-state index contributed by atoms with van der Waals surface area (Å²) in [5.41, 5.74) is -2.77. The third-order valence-corrected chi connectivity index (χ3v) is 2.13. The maximum absolute atomic E-state index is 12.6. The van der Waals surface area contributed by atoms with Gasteiger partial charge in [-0.1, -0.05) is 12.2 Å². The van der Waals surface area contributed by atoms with Gasteiger partial charge in [-0.3, -0.25) is 0 Å². The molecule has 0 bridgehead atoms. The topological polar surface area (TPSA) is 66.0 Å². The van der Waals surface area contributed by atoms with Gasteiger partial charge in [-0.2, -0.15) is 0 Å². The lowest BCUT2D eigenvalue weighted by Gasteiger charge is -2.09. The first-order chi connectivity index (χ1) is 8.08. The van der Waals surface area contributed by atoms with Crippen molar-refractivity contribution in [1.29, 1.82) is 0 Å². The van der Waals surface area contributed by atoms with Gasteiger partial charge in [0.1, 0.15) is 0 Å². The second kappa shape index (κ2) is 5.24. The van der Waals surface area contributed by atoms with Crippen LogP contribution in [0.15, 0.2) is 39.7 Å². The van der Waals surface area contributed by atoms with Gasteiger partial charge in [0.2, 0.25) is 0 Å². The zero-order chi connectivity index (χ0) is 13.0. The fourth-order valence-electron chi connectivity index (χ4n) is 1.36. The lowest BCUT2D eigenvalue weighted by molar-refractivity contribution is 0.329. The van der Waals surface area contributed by atoms with Gasteiger partial charge in [0, 0.05) is 0 Å². The summed E-state index contributed by atoms with van der Waals surface area (Å²) < 4.78 is 14.4. The van der Waals surface area contributed by atoms with E-state index < -0.39 is 23.9 Å². The molecular formula is C10H12FN3O3. The molecule has 0 saturated heterocycles. The molecule has 0 atom stereocenters. The maximum Gasteiger partial charge on any atom is 0.338 e. The van der Waals surface area contributed by atoms with E-state index in [0.717, 1.165) is 9.13 Å². The molecule has 0 saturated carbocycles. The molecule has 0 aliphatic carbocycles. The van der Waals surface area contributed by atoms with E-state index in [4.69, 9.17) is 0 Å². The highest BCUT2D eigenvalue weighted by Crippen LogP contribution is 1.79. The van der Waals surface area contributed by atoms with Crippen LogP contribution in [0.2, 0.25) is 0 Å². The summed E-state index contributed by atoms with van der Waals surface area (Å²) >= 11 is 0. The van der Waals surface area contributed by atoms with E-state index in [9.17, 15) is 18.8 Å². The molecule has 0 unspecified atom stereocenters. The SMILES string of the molecule is C=CCn1c(=O)n(CF)c(=O)n(CC=C)c1=O. The molecule has 0 radical (unpaired) electrons. The Labute approximate surface area is 95.5 Å². The van der Waals surface area contributed by atoms with Crippen LogP contribution in [0.3, 0.4) is 0 Å². The quantitative estimate of drug-likeness (QED) is 0.651. The molecule has 7 heteroatoms. The molecule has 0 fully saturated rings. The molecule has 1 heterocycles. The minimum Gasteiger partial charge on any atom is -0.247 e. The van der Waals surface area contributed by atoms with Crippen LogP contribution in [0, 0.1) is 0 Å². The number of aromatic nitrogens is 3. The molecule has 1 aromatic heterocycles. The molecule has 1 rings (SSSR count). The van der Waals surface area contributed by atoms with Crippen LogP contribution in [0.5, 0.6) is 0 Å². The van der Waals surface area contributed by atoms with Crippen LogP contribution >= 0.6 is 0 Å². The van der Waals surface area contributed by atoms with Crippen molar-refractivity contribution in [3.05, 3.63) is 56.8 Å². The maximum atomic E-state index is 12.6. The number of alkyl halides is 1. The minimum atomic E-state index is -1.29. The molecule has 0 aliphatic rings. The van der Waals surface area contributed by atoms with E-state index in [1.807, 2.05) is 0 Å². The molecule has 0 spiro atoms. The highest BCUT2D eigenvalue weighted by Gasteiger charge is 2.13. The van der Waals surface area contributed by atoms with Crippen LogP contribution in [-0.2, 0) is 19.9 Å². The fraction of sp³-hybridized carbons (Fsp3) is 0.300. The number of nitrogens with zero attached hydrogens (tertiary/aromatic N) is 3. The summed E-state index contributed by atoms with van der Waals surface area (Å²) in [6.45, 7) is 5.30. The summed E-state index contributed by atoms with van der Waals surface area (Å²) in [6.07, 6.45) is 2.63. The number of allylic oxidation sites excluding steroid dienone is 2. The van der Waals surface area contributed by atoms with Gasteiger partial charge in [0.25, 0.3) is 0 Å². The Morgan fingerprint density at radius 1 is 0.882 bits per heavy atom. The van der Waals surface area contributed by atoms with Crippen molar-refractivity contribution >= 4 is 0 Å². The zero-order valence-corrected chi connectivity index (χ0v) is 9.13. The van der Waals surface area contributed by atoms with Crippen LogP contribution in [-0.4, -0.2) is 13.7 Å². The van der Waals surface area contributed by atoms with Gasteiger partial charge in [0.05, 0.1) is 13.1 Å². The van der Waals surface area contributed by atoms with Crippen LogP contribution in [0.4, 0.5) is 4.39 Å². The van der Waals surface area contributed by atoms with Crippen molar-refractivity contribution in [2.45, 2.75) is 19.9 Å². The standard InChI is InChI=1S/C10H12FN3O3/c1-3-5-12-8(15)13(6-4-2)10(17)14(7-11)9(12)16/h3-4H,1-2,5-7H2. The average Bonchev–Trinajstić information content (AvgIpc) is 2.31. The van der Waals surface area contributed by atoms with E-state index in [1.54, 1.807) is 0 Å². The molecule has 6 nitrogen and oxygen atoms in total. The summed E-state index contributed by atoms with van der Waals surface area (Å²) in [6, 6.07) is 0. The van der Waals surface area contributed by atoms with Gasteiger partial charge in [-0.05, 0) is 0 Å². The Kier molecular flexibility index (Phi) is 3.97. The van der Waals surface area contributed by atoms with E-state index in [1.165, 1.54) is 12.2 Å². The first-order valence-corrected chi connectivity index (χ1v) is 4.80. The van der Waals surface area contributed by atoms with Gasteiger partial charge in [0.15, 0.2) is 6.80 Å².